The molecule has 0 aliphatic carbocycles. The van der Waals surface area contributed by atoms with E-state index in [0.29, 0.717) is 6.54 Å². The van der Waals surface area contributed by atoms with Crippen LogP contribution < -0.4 is 5.73 Å². The van der Waals surface area contributed by atoms with Crippen LogP contribution in [-0.4, -0.2) is 33.1 Å². The first-order valence-electron chi connectivity index (χ1n) is 13.3. The molecule has 1 fully saturated rings. The van der Waals surface area contributed by atoms with Gasteiger partial charge in [-0.05, 0) is 74.4 Å². The van der Waals surface area contributed by atoms with E-state index >= 15 is 0 Å². The number of nitrogens with zero attached hydrogens (tertiary/aromatic N) is 2. The highest BCUT2D eigenvalue weighted by Gasteiger charge is 2.34. The second-order valence-electron chi connectivity index (χ2n) is 11.0. The van der Waals surface area contributed by atoms with Crippen molar-refractivity contribution in [3.63, 3.8) is 0 Å². The highest BCUT2D eigenvalue weighted by molar-refractivity contribution is 5.69. The van der Waals surface area contributed by atoms with Crippen molar-refractivity contribution >= 4 is 11.8 Å². The summed E-state index contributed by atoms with van der Waals surface area (Å²) in [6.07, 6.45) is 4.27. The van der Waals surface area contributed by atoms with Crippen molar-refractivity contribution in [1.29, 1.82) is 0 Å². The molecule has 0 bridgehead atoms. The fourth-order valence-corrected chi connectivity index (χ4v) is 5.14. The van der Waals surface area contributed by atoms with Crippen molar-refractivity contribution in [2.75, 3.05) is 12.3 Å². The van der Waals surface area contributed by atoms with Crippen LogP contribution in [0.5, 0.6) is 0 Å². The predicted octanol–water partition coefficient (Wildman–Crippen LogP) is 7.11. The molecule has 2 atom stereocenters. The molecule has 1 aliphatic rings. The molecule has 2 unspecified atom stereocenters. The van der Waals surface area contributed by atoms with Crippen molar-refractivity contribution in [1.82, 2.24) is 14.9 Å². The smallest absolute Gasteiger partial charge is 0.410 e. The Labute approximate surface area is 224 Å². The second-order valence-corrected chi connectivity index (χ2v) is 11.0. The number of nitrogens with one attached hydrogen (secondary N) is 1. The van der Waals surface area contributed by atoms with Crippen LogP contribution in [-0.2, 0) is 11.2 Å². The molecule has 1 aliphatic heterocycles. The summed E-state index contributed by atoms with van der Waals surface area (Å²) in [6.45, 7) is 6.35. The topological polar surface area (TPSA) is 84.2 Å². The first kappa shape index (κ1) is 25.6. The predicted molar refractivity (Wildman–Crippen MR) is 152 cm³/mol. The van der Waals surface area contributed by atoms with Crippen molar-refractivity contribution in [3.8, 4) is 11.3 Å². The SMILES string of the molecule is CC(C)(C)OC(=O)N1CCCC1c1ncc(-c2ccc(C(Cc3ccc(N)cc3)c3ccccc3)cc2)[nH]1. The number of likely N-dealkylation sites (tertiary alicyclic amines) is 1. The highest BCUT2D eigenvalue weighted by Crippen LogP contribution is 2.34. The lowest BCUT2D eigenvalue weighted by molar-refractivity contribution is 0.0218. The third-order valence-corrected chi connectivity index (χ3v) is 7.04. The molecule has 196 valence electrons. The molecule has 2 heterocycles. The number of H-pyrrole nitrogens is 1. The Kier molecular flexibility index (Phi) is 7.23. The summed E-state index contributed by atoms with van der Waals surface area (Å²) >= 11 is 0. The van der Waals surface area contributed by atoms with E-state index in [4.69, 9.17) is 10.5 Å². The molecule has 4 aromatic rings. The number of hydrogen-bond donors (Lipinski definition) is 2. The number of carbonyl (C=O) groups is 1. The number of aromatic amines is 1. The minimum Gasteiger partial charge on any atom is -0.444 e. The third kappa shape index (κ3) is 5.91. The summed E-state index contributed by atoms with van der Waals surface area (Å²) in [4.78, 5) is 22.7. The van der Waals surface area contributed by atoms with E-state index in [-0.39, 0.29) is 18.1 Å². The van der Waals surface area contributed by atoms with Gasteiger partial charge < -0.3 is 15.5 Å². The zero-order valence-electron chi connectivity index (χ0n) is 22.4. The number of nitrogens with two attached hydrogens (primary N) is 1. The van der Waals surface area contributed by atoms with Crippen LogP contribution in [0.25, 0.3) is 11.3 Å². The highest BCUT2D eigenvalue weighted by atomic mass is 16.6. The van der Waals surface area contributed by atoms with Gasteiger partial charge in [-0.3, -0.25) is 4.90 Å². The van der Waals surface area contributed by atoms with Gasteiger partial charge in [0.1, 0.15) is 11.4 Å². The molecule has 1 saturated heterocycles. The van der Waals surface area contributed by atoms with Crippen LogP contribution in [0.1, 0.15) is 68.1 Å². The van der Waals surface area contributed by atoms with Crippen LogP contribution in [0.3, 0.4) is 0 Å². The van der Waals surface area contributed by atoms with E-state index in [1.54, 1.807) is 4.90 Å². The fourth-order valence-electron chi connectivity index (χ4n) is 5.14. The maximum absolute atomic E-state index is 12.7. The van der Waals surface area contributed by atoms with Gasteiger partial charge in [-0.1, -0.05) is 66.7 Å². The van der Waals surface area contributed by atoms with Gasteiger partial charge in [0.2, 0.25) is 0 Å². The number of nitrogen functional groups attached to an aromatic ring is 1. The molecule has 3 aromatic carbocycles. The standard InChI is InChI=1S/C32H36N4O2/c1-32(2,3)38-31(37)36-19-7-10-29(36)30-34-21-28(35-30)25-15-13-24(14-16-25)27(23-8-5-4-6-9-23)20-22-11-17-26(33)18-12-22/h4-6,8-9,11-18,21,27,29H,7,10,19-20,33H2,1-3H3,(H,34,35). The second kappa shape index (κ2) is 10.7. The molecule has 0 saturated carbocycles. The lowest BCUT2D eigenvalue weighted by Crippen LogP contribution is -2.36. The minimum atomic E-state index is -0.522. The molecule has 1 aromatic heterocycles. The molecule has 6 heteroatoms. The molecule has 0 radical (unpaired) electrons. The summed E-state index contributed by atoms with van der Waals surface area (Å²) < 4.78 is 5.62. The summed E-state index contributed by atoms with van der Waals surface area (Å²) in [5.41, 5.74) is 12.0. The first-order chi connectivity index (χ1) is 18.3. The maximum atomic E-state index is 12.7. The first-order valence-corrected chi connectivity index (χ1v) is 13.3. The van der Waals surface area contributed by atoms with Crippen molar-refractivity contribution in [2.24, 2.45) is 0 Å². The van der Waals surface area contributed by atoms with E-state index in [9.17, 15) is 4.79 Å². The number of benzene rings is 3. The Balaban J connectivity index is 1.35. The Morgan fingerprint density at radius 2 is 1.71 bits per heavy atom. The summed E-state index contributed by atoms with van der Waals surface area (Å²) in [7, 11) is 0. The van der Waals surface area contributed by atoms with Gasteiger partial charge in [0.25, 0.3) is 0 Å². The number of amides is 1. The number of aromatic nitrogens is 2. The van der Waals surface area contributed by atoms with Crippen LogP contribution in [0.15, 0.2) is 85.1 Å². The maximum Gasteiger partial charge on any atom is 0.410 e. The average Bonchev–Trinajstić information content (AvgIpc) is 3.58. The number of anilines is 1. The monoisotopic (exact) mass is 508 g/mol. The Bertz CT molecular complexity index is 1360. The van der Waals surface area contributed by atoms with Gasteiger partial charge in [-0.25, -0.2) is 9.78 Å². The summed E-state index contributed by atoms with van der Waals surface area (Å²) in [5, 5.41) is 0. The Hall–Kier alpha value is -4.06. The largest absolute Gasteiger partial charge is 0.444 e. The minimum absolute atomic E-state index is 0.0970. The Morgan fingerprint density at radius 1 is 1.03 bits per heavy atom. The molecular weight excluding hydrogens is 472 g/mol. The lowest BCUT2D eigenvalue weighted by atomic mass is 9.85. The van der Waals surface area contributed by atoms with Gasteiger partial charge in [-0.2, -0.15) is 0 Å². The number of rotatable bonds is 6. The van der Waals surface area contributed by atoms with Crippen molar-refractivity contribution in [3.05, 3.63) is 108 Å². The van der Waals surface area contributed by atoms with Crippen LogP contribution in [0, 0.1) is 0 Å². The van der Waals surface area contributed by atoms with E-state index in [0.717, 1.165) is 42.0 Å². The summed E-state index contributed by atoms with van der Waals surface area (Å²) in [5.74, 6) is 1.03. The molecule has 5 rings (SSSR count). The molecule has 3 N–H and O–H groups in total. The molecule has 38 heavy (non-hydrogen) atoms. The normalized spacial score (nSPS) is 16.4. The van der Waals surface area contributed by atoms with Gasteiger partial charge in [0.05, 0.1) is 17.9 Å². The van der Waals surface area contributed by atoms with E-state index < -0.39 is 5.60 Å². The zero-order valence-corrected chi connectivity index (χ0v) is 22.4. The number of hydrogen-bond acceptors (Lipinski definition) is 4. The average molecular weight is 509 g/mol. The van der Waals surface area contributed by atoms with Crippen LogP contribution in [0.2, 0.25) is 0 Å². The van der Waals surface area contributed by atoms with Gasteiger partial charge in [-0.15, -0.1) is 0 Å². The van der Waals surface area contributed by atoms with Crippen molar-refractivity contribution < 1.29 is 9.53 Å². The quantitative estimate of drug-likeness (QED) is 0.272. The van der Waals surface area contributed by atoms with E-state index in [1.165, 1.54) is 16.7 Å². The van der Waals surface area contributed by atoms with E-state index in [1.807, 2.05) is 39.1 Å². The van der Waals surface area contributed by atoms with Crippen LogP contribution in [0.4, 0.5) is 10.5 Å². The Morgan fingerprint density at radius 3 is 2.39 bits per heavy atom. The van der Waals surface area contributed by atoms with Crippen LogP contribution >= 0.6 is 0 Å². The lowest BCUT2D eigenvalue weighted by Gasteiger charge is -2.27. The zero-order chi connectivity index (χ0) is 26.7. The molecule has 6 nitrogen and oxygen atoms in total. The van der Waals surface area contributed by atoms with Gasteiger partial charge in [0.15, 0.2) is 0 Å². The van der Waals surface area contributed by atoms with Gasteiger partial charge >= 0.3 is 6.09 Å². The molecule has 0 spiro atoms. The third-order valence-electron chi connectivity index (χ3n) is 7.04. The molecule has 1 amide bonds. The van der Waals surface area contributed by atoms with Gasteiger partial charge in [0, 0.05) is 18.2 Å². The fraction of sp³-hybridized carbons (Fsp3) is 0.312. The van der Waals surface area contributed by atoms with E-state index in [2.05, 4.69) is 76.7 Å². The summed E-state index contributed by atoms with van der Waals surface area (Å²) in [6, 6.07) is 27.4. The van der Waals surface area contributed by atoms with Crippen molar-refractivity contribution in [2.45, 2.75) is 57.6 Å². The number of imidazole rings is 1. The number of ether oxygens (including phenoxy) is 1. The number of carbonyl (C=O) groups excluding carboxylic acids is 1. The molecular formula is C32H36N4O2.